The molecule has 1 aromatic carbocycles. The Morgan fingerprint density at radius 1 is 1.10 bits per heavy atom. The van der Waals surface area contributed by atoms with E-state index in [1.165, 1.54) is 49.7 Å². The molecule has 110 valence electrons. The first-order valence-corrected chi connectivity index (χ1v) is 7.98. The minimum atomic E-state index is 0.303. The monoisotopic (exact) mass is 273 g/mol. The van der Waals surface area contributed by atoms with Crippen LogP contribution in [0.5, 0.6) is 0 Å². The standard InChI is InChI=1S/C18H27NO/c1-15-9-11-16(12-10-15)13-14-18(20)19(2)17-7-5-3-4-6-8-17/h9-12,17H,3-8,13-14H2,1-2H3. The number of amides is 1. The summed E-state index contributed by atoms with van der Waals surface area (Å²) in [6, 6.07) is 8.98. The molecule has 0 N–H and O–H groups in total. The number of aryl methyl sites for hydroxylation is 2. The molecule has 0 spiro atoms. The van der Waals surface area contributed by atoms with E-state index in [4.69, 9.17) is 0 Å². The van der Waals surface area contributed by atoms with Crippen LogP contribution in [0.25, 0.3) is 0 Å². The summed E-state index contributed by atoms with van der Waals surface area (Å²) in [5.74, 6) is 0.303. The van der Waals surface area contributed by atoms with Crippen molar-refractivity contribution < 1.29 is 4.79 Å². The third-order valence-corrected chi connectivity index (χ3v) is 4.51. The summed E-state index contributed by atoms with van der Waals surface area (Å²) in [6.45, 7) is 2.09. The van der Waals surface area contributed by atoms with Crippen LogP contribution >= 0.6 is 0 Å². The highest BCUT2D eigenvalue weighted by Gasteiger charge is 2.20. The lowest BCUT2D eigenvalue weighted by atomic mass is 10.0. The lowest BCUT2D eigenvalue weighted by Gasteiger charge is -2.27. The zero-order chi connectivity index (χ0) is 14.4. The third-order valence-electron chi connectivity index (χ3n) is 4.51. The van der Waals surface area contributed by atoms with Gasteiger partial charge in [0.1, 0.15) is 0 Å². The van der Waals surface area contributed by atoms with Crippen LogP contribution in [0.15, 0.2) is 24.3 Å². The summed E-state index contributed by atoms with van der Waals surface area (Å²) in [7, 11) is 1.99. The van der Waals surface area contributed by atoms with Gasteiger partial charge >= 0.3 is 0 Å². The molecule has 0 atom stereocenters. The highest BCUT2D eigenvalue weighted by Crippen LogP contribution is 2.21. The van der Waals surface area contributed by atoms with Crippen molar-refractivity contribution in [2.75, 3.05) is 7.05 Å². The molecule has 1 fully saturated rings. The number of benzene rings is 1. The van der Waals surface area contributed by atoms with Crippen LogP contribution < -0.4 is 0 Å². The number of carbonyl (C=O) groups excluding carboxylic acids is 1. The van der Waals surface area contributed by atoms with Crippen molar-refractivity contribution in [2.45, 2.75) is 64.3 Å². The summed E-state index contributed by atoms with van der Waals surface area (Å²) in [6.07, 6.45) is 9.09. The topological polar surface area (TPSA) is 20.3 Å². The number of nitrogens with zero attached hydrogens (tertiary/aromatic N) is 1. The molecule has 2 heteroatoms. The van der Waals surface area contributed by atoms with E-state index in [9.17, 15) is 4.79 Å². The van der Waals surface area contributed by atoms with Crippen molar-refractivity contribution >= 4 is 5.91 Å². The first-order valence-electron chi connectivity index (χ1n) is 7.98. The normalized spacial score (nSPS) is 16.7. The summed E-state index contributed by atoms with van der Waals surface area (Å²) in [5.41, 5.74) is 2.54. The molecule has 0 radical (unpaired) electrons. The molecule has 1 aliphatic rings. The van der Waals surface area contributed by atoms with Crippen molar-refractivity contribution in [1.29, 1.82) is 0 Å². The molecule has 0 aliphatic heterocycles. The number of rotatable bonds is 4. The Labute approximate surface area is 123 Å². The van der Waals surface area contributed by atoms with Crippen LogP contribution in [0.4, 0.5) is 0 Å². The van der Waals surface area contributed by atoms with Crippen molar-refractivity contribution in [3.05, 3.63) is 35.4 Å². The molecule has 0 aromatic heterocycles. The lowest BCUT2D eigenvalue weighted by Crippen LogP contribution is -2.36. The average molecular weight is 273 g/mol. The second kappa shape index (κ2) is 7.47. The van der Waals surface area contributed by atoms with Gasteiger partial charge in [0, 0.05) is 19.5 Å². The predicted molar refractivity (Wildman–Crippen MR) is 83.8 cm³/mol. The van der Waals surface area contributed by atoms with Gasteiger partial charge in [0.05, 0.1) is 0 Å². The Balaban J connectivity index is 1.82. The highest BCUT2D eigenvalue weighted by molar-refractivity contribution is 5.76. The van der Waals surface area contributed by atoms with Crippen LogP contribution in [0.1, 0.15) is 56.1 Å². The van der Waals surface area contributed by atoms with Gasteiger partial charge in [0.15, 0.2) is 0 Å². The smallest absolute Gasteiger partial charge is 0.222 e. The molecule has 20 heavy (non-hydrogen) atoms. The van der Waals surface area contributed by atoms with Gasteiger partial charge in [-0.25, -0.2) is 0 Å². The Morgan fingerprint density at radius 3 is 2.30 bits per heavy atom. The van der Waals surface area contributed by atoms with E-state index in [1.54, 1.807) is 0 Å². The molecule has 2 nitrogen and oxygen atoms in total. The minimum absolute atomic E-state index is 0.303. The van der Waals surface area contributed by atoms with Crippen molar-refractivity contribution in [3.8, 4) is 0 Å². The van der Waals surface area contributed by atoms with Gasteiger partial charge in [-0.15, -0.1) is 0 Å². The van der Waals surface area contributed by atoms with Gasteiger partial charge in [-0.05, 0) is 31.7 Å². The predicted octanol–water partition coefficient (Wildman–Crippen LogP) is 4.11. The van der Waals surface area contributed by atoms with Crippen LogP contribution in [0.3, 0.4) is 0 Å². The zero-order valence-electron chi connectivity index (χ0n) is 12.9. The van der Waals surface area contributed by atoms with Gasteiger partial charge in [0.2, 0.25) is 5.91 Å². The molecular weight excluding hydrogens is 246 g/mol. The maximum Gasteiger partial charge on any atom is 0.222 e. The molecule has 0 bridgehead atoms. The van der Waals surface area contributed by atoms with E-state index >= 15 is 0 Å². The second-order valence-electron chi connectivity index (χ2n) is 6.14. The third kappa shape index (κ3) is 4.36. The quantitative estimate of drug-likeness (QED) is 0.756. The van der Waals surface area contributed by atoms with Crippen LogP contribution in [-0.2, 0) is 11.2 Å². The number of hydrogen-bond donors (Lipinski definition) is 0. The summed E-state index contributed by atoms with van der Waals surface area (Å²) < 4.78 is 0. The van der Waals surface area contributed by atoms with Gasteiger partial charge in [-0.2, -0.15) is 0 Å². The molecule has 1 aromatic rings. The zero-order valence-corrected chi connectivity index (χ0v) is 12.9. The van der Waals surface area contributed by atoms with Gasteiger partial charge in [-0.3, -0.25) is 4.79 Å². The first kappa shape index (κ1) is 15.1. The molecular formula is C18H27NO. The van der Waals surface area contributed by atoms with Crippen LogP contribution in [0.2, 0.25) is 0 Å². The molecule has 0 saturated heterocycles. The number of hydrogen-bond acceptors (Lipinski definition) is 1. The average Bonchev–Trinajstić information content (AvgIpc) is 2.74. The summed E-state index contributed by atoms with van der Waals surface area (Å²) in [4.78, 5) is 14.3. The summed E-state index contributed by atoms with van der Waals surface area (Å²) in [5, 5.41) is 0. The van der Waals surface area contributed by atoms with E-state index in [2.05, 4.69) is 31.2 Å². The Kier molecular flexibility index (Phi) is 5.63. The molecule has 2 rings (SSSR count). The van der Waals surface area contributed by atoms with Crippen molar-refractivity contribution in [1.82, 2.24) is 4.90 Å². The lowest BCUT2D eigenvalue weighted by molar-refractivity contribution is -0.132. The van der Waals surface area contributed by atoms with E-state index in [-0.39, 0.29) is 0 Å². The largest absolute Gasteiger partial charge is 0.343 e. The van der Waals surface area contributed by atoms with E-state index in [0.29, 0.717) is 18.4 Å². The SMILES string of the molecule is Cc1ccc(CCC(=O)N(C)C2CCCCCC2)cc1. The maximum absolute atomic E-state index is 12.3. The molecule has 1 amide bonds. The van der Waals surface area contributed by atoms with E-state index in [1.807, 2.05) is 11.9 Å². The fourth-order valence-electron chi connectivity index (χ4n) is 3.03. The Morgan fingerprint density at radius 2 is 1.70 bits per heavy atom. The van der Waals surface area contributed by atoms with Crippen molar-refractivity contribution in [2.24, 2.45) is 0 Å². The molecule has 0 unspecified atom stereocenters. The minimum Gasteiger partial charge on any atom is -0.343 e. The van der Waals surface area contributed by atoms with Gasteiger partial charge in [0.25, 0.3) is 0 Å². The first-order chi connectivity index (χ1) is 9.66. The second-order valence-corrected chi connectivity index (χ2v) is 6.14. The molecule has 1 saturated carbocycles. The highest BCUT2D eigenvalue weighted by atomic mass is 16.2. The number of carbonyl (C=O) groups is 1. The molecule has 1 aliphatic carbocycles. The Hall–Kier alpha value is -1.31. The van der Waals surface area contributed by atoms with Crippen LogP contribution in [-0.4, -0.2) is 23.9 Å². The van der Waals surface area contributed by atoms with Gasteiger partial charge in [-0.1, -0.05) is 55.5 Å². The fraction of sp³-hybridized carbons (Fsp3) is 0.611. The van der Waals surface area contributed by atoms with Gasteiger partial charge < -0.3 is 4.90 Å². The fourth-order valence-corrected chi connectivity index (χ4v) is 3.03. The van der Waals surface area contributed by atoms with Crippen molar-refractivity contribution in [3.63, 3.8) is 0 Å². The summed E-state index contributed by atoms with van der Waals surface area (Å²) >= 11 is 0. The maximum atomic E-state index is 12.3. The van der Waals surface area contributed by atoms with E-state index in [0.717, 1.165) is 6.42 Å². The molecule has 0 heterocycles. The van der Waals surface area contributed by atoms with E-state index < -0.39 is 0 Å². The Bertz CT molecular complexity index is 416. The van der Waals surface area contributed by atoms with Crippen LogP contribution in [0, 0.1) is 6.92 Å².